The third-order valence-corrected chi connectivity index (χ3v) is 2.75. The van der Waals surface area contributed by atoms with Crippen molar-refractivity contribution in [1.29, 1.82) is 0 Å². The topological polar surface area (TPSA) is 80.5 Å². The maximum Gasteiger partial charge on any atom is 0.222 e. The van der Waals surface area contributed by atoms with Crippen LogP contribution < -0.4 is 5.73 Å². The molecule has 0 amide bonds. The van der Waals surface area contributed by atoms with Crippen molar-refractivity contribution in [3.63, 3.8) is 0 Å². The molecule has 0 fully saturated rings. The third kappa shape index (κ3) is 1.58. The number of aromatic amines is 1. The van der Waals surface area contributed by atoms with E-state index in [-0.39, 0.29) is 11.8 Å². The Morgan fingerprint density at radius 2 is 2.11 bits per heavy atom. The molecule has 3 aromatic rings. The lowest BCUT2D eigenvalue weighted by Gasteiger charge is -2.06. The third-order valence-electron chi connectivity index (χ3n) is 2.75. The number of nitrogen functional groups attached to an aromatic ring is 1. The summed E-state index contributed by atoms with van der Waals surface area (Å²) in [7, 11) is 0. The standard InChI is InChI=1S/C12H10FN5/c1-6-4-7(13)2-3-8(6)9-10-11(16-5-15-10)18-12(14)17-9/h2-5H,1H3,(H3,14,15,16,17,18). The van der Waals surface area contributed by atoms with Gasteiger partial charge in [0.1, 0.15) is 17.0 Å². The Morgan fingerprint density at radius 3 is 2.89 bits per heavy atom. The number of aryl methyl sites for hydroxylation is 1. The molecule has 90 valence electrons. The summed E-state index contributed by atoms with van der Waals surface area (Å²) in [6.07, 6.45) is 1.53. The van der Waals surface area contributed by atoms with Gasteiger partial charge in [-0.25, -0.2) is 14.4 Å². The van der Waals surface area contributed by atoms with Gasteiger partial charge in [0.25, 0.3) is 0 Å². The van der Waals surface area contributed by atoms with E-state index in [1.807, 2.05) is 6.92 Å². The van der Waals surface area contributed by atoms with E-state index >= 15 is 0 Å². The van der Waals surface area contributed by atoms with Crippen LogP contribution in [-0.2, 0) is 0 Å². The summed E-state index contributed by atoms with van der Waals surface area (Å²) >= 11 is 0. The highest BCUT2D eigenvalue weighted by atomic mass is 19.1. The smallest absolute Gasteiger partial charge is 0.222 e. The monoisotopic (exact) mass is 243 g/mol. The van der Waals surface area contributed by atoms with E-state index in [9.17, 15) is 4.39 Å². The molecule has 6 heteroatoms. The lowest BCUT2D eigenvalue weighted by Crippen LogP contribution is -1.99. The van der Waals surface area contributed by atoms with Crippen LogP contribution in [0.5, 0.6) is 0 Å². The molecule has 2 aromatic heterocycles. The number of nitrogens with two attached hydrogens (primary N) is 1. The number of benzene rings is 1. The van der Waals surface area contributed by atoms with Crippen LogP contribution in [0.4, 0.5) is 10.3 Å². The van der Waals surface area contributed by atoms with Gasteiger partial charge >= 0.3 is 0 Å². The first kappa shape index (κ1) is 10.6. The van der Waals surface area contributed by atoms with E-state index in [4.69, 9.17) is 5.73 Å². The molecule has 0 radical (unpaired) electrons. The van der Waals surface area contributed by atoms with Gasteiger partial charge in [-0.15, -0.1) is 0 Å². The van der Waals surface area contributed by atoms with Gasteiger partial charge in [0.05, 0.1) is 6.33 Å². The van der Waals surface area contributed by atoms with Gasteiger partial charge in [-0.05, 0) is 30.7 Å². The molecule has 18 heavy (non-hydrogen) atoms. The molecule has 0 spiro atoms. The van der Waals surface area contributed by atoms with E-state index in [1.165, 1.54) is 18.5 Å². The molecule has 2 heterocycles. The van der Waals surface area contributed by atoms with Crippen LogP contribution in [-0.4, -0.2) is 19.9 Å². The number of hydrogen-bond donors (Lipinski definition) is 2. The van der Waals surface area contributed by atoms with Gasteiger partial charge in [0.2, 0.25) is 5.95 Å². The Hall–Kier alpha value is -2.50. The van der Waals surface area contributed by atoms with Crippen molar-refractivity contribution >= 4 is 17.1 Å². The van der Waals surface area contributed by atoms with Crippen LogP contribution in [0.3, 0.4) is 0 Å². The molecule has 0 atom stereocenters. The lowest BCUT2D eigenvalue weighted by atomic mass is 10.0. The molecule has 0 saturated heterocycles. The number of nitrogens with one attached hydrogen (secondary N) is 1. The fourth-order valence-corrected chi connectivity index (χ4v) is 1.94. The predicted molar refractivity (Wildman–Crippen MR) is 66.2 cm³/mol. The predicted octanol–water partition coefficient (Wildman–Crippen LogP) is 2.05. The Labute approximate surface area is 102 Å². The van der Waals surface area contributed by atoms with Gasteiger partial charge in [-0.1, -0.05) is 0 Å². The number of nitrogens with zero attached hydrogens (tertiary/aromatic N) is 3. The molecule has 0 aliphatic rings. The minimum Gasteiger partial charge on any atom is -0.368 e. The molecule has 0 saturated carbocycles. The lowest BCUT2D eigenvalue weighted by molar-refractivity contribution is 0.627. The number of halogens is 1. The average Bonchev–Trinajstić information content (AvgIpc) is 2.76. The van der Waals surface area contributed by atoms with Gasteiger partial charge < -0.3 is 10.7 Å². The quantitative estimate of drug-likeness (QED) is 0.685. The van der Waals surface area contributed by atoms with Crippen LogP contribution in [0.15, 0.2) is 24.5 Å². The summed E-state index contributed by atoms with van der Waals surface area (Å²) in [6.45, 7) is 1.82. The molecule has 3 rings (SSSR count). The number of anilines is 1. The Bertz CT molecular complexity index is 734. The van der Waals surface area contributed by atoms with Gasteiger partial charge in [-0.3, -0.25) is 0 Å². The van der Waals surface area contributed by atoms with Crippen LogP contribution in [0.25, 0.3) is 22.4 Å². The molecular formula is C12H10FN5. The summed E-state index contributed by atoms with van der Waals surface area (Å²) in [6, 6.07) is 4.52. The summed E-state index contributed by atoms with van der Waals surface area (Å²) in [5, 5.41) is 0. The molecule has 0 aliphatic carbocycles. The Kier molecular flexibility index (Phi) is 2.22. The van der Waals surface area contributed by atoms with E-state index in [2.05, 4.69) is 19.9 Å². The van der Waals surface area contributed by atoms with Gasteiger partial charge in [0, 0.05) is 5.56 Å². The summed E-state index contributed by atoms with van der Waals surface area (Å²) in [5.41, 5.74) is 9.06. The second kappa shape index (κ2) is 3.76. The zero-order valence-corrected chi connectivity index (χ0v) is 9.61. The molecule has 3 N–H and O–H groups in total. The second-order valence-corrected chi connectivity index (χ2v) is 3.99. The van der Waals surface area contributed by atoms with E-state index in [1.54, 1.807) is 6.07 Å². The summed E-state index contributed by atoms with van der Waals surface area (Å²) in [5.74, 6) is -0.132. The zero-order valence-electron chi connectivity index (χ0n) is 9.61. The number of hydrogen-bond acceptors (Lipinski definition) is 4. The molecular weight excluding hydrogens is 233 g/mol. The summed E-state index contributed by atoms with van der Waals surface area (Å²) in [4.78, 5) is 15.2. The van der Waals surface area contributed by atoms with Crippen molar-refractivity contribution in [1.82, 2.24) is 19.9 Å². The first-order valence-corrected chi connectivity index (χ1v) is 5.38. The zero-order chi connectivity index (χ0) is 12.7. The summed E-state index contributed by atoms with van der Waals surface area (Å²) < 4.78 is 13.1. The number of H-pyrrole nitrogens is 1. The van der Waals surface area contributed by atoms with Crippen LogP contribution in [0.1, 0.15) is 5.56 Å². The van der Waals surface area contributed by atoms with E-state index < -0.39 is 0 Å². The largest absolute Gasteiger partial charge is 0.368 e. The van der Waals surface area contributed by atoms with Gasteiger partial charge in [0.15, 0.2) is 5.65 Å². The molecule has 0 unspecified atom stereocenters. The maximum atomic E-state index is 13.1. The minimum absolute atomic E-state index is 0.147. The fourth-order valence-electron chi connectivity index (χ4n) is 1.94. The number of imidazole rings is 1. The highest BCUT2D eigenvalue weighted by Crippen LogP contribution is 2.27. The molecule has 0 bridgehead atoms. The van der Waals surface area contributed by atoms with Crippen molar-refractivity contribution in [3.05, 3.63) is 35.9 Å². The maximum absolute atomic E-state index is 13.1. The SMILES string of the molecule is Cc1cc(F)ccc1-c1nc(N)nc2nc[nH]c12. The van der Waals surface area contributed by atoms with Crippen LogP contribution in [0, 0.1) is 12.7 Å². The van der Waals surface area contributed by atoms with Crippen molar-refractivity contribution in [2.45, 2.75) is 6.92 Å². The highest BCUT2D eigenvalue weighted by Gasteiger charge is 2.12. The number of rotatable bonds is 1. The average molecular weight is 243 g/mol. The first-order chi connectivity index (χ1) is 8.65. The van der Waals surface area contributed by atoms with Gasteiger partial charge in [-0.2, -0.15) is 4.98 Å². The normalized spacial score (nSPS) is 11.0. The Morgan fingerprint density at radius 1 is 1.28 bits per heavy atom. The second-order valence-electron chi connectivity index (χ2n) is 3.99. The highest BCUT2D eigenvalue weighted by molar-refractivity contribution is 5.88. The number of aromatic nitrogens is 4. The Balaban J connectivity index is 2.33. The van der Waals surface area contributed by atoms with Crippen molar-refractivity contribution in [3.8, 4) is 11.3 Å². The van der Waals surface area contributed by atoms with Crippen molar-refractivity contribution in [2.75, 3.05) is 5.73 Å². The van der Waals surface area contributed by atoms with Crippen molar-refractivity contribution < 1.29 is 4.39 Å². The van der Waals surface area contributed by atoms with E-state index in [0.717, 1.165) is 11.1 Å². The fraction of sp³-hybridized carbons (Fsp3) is 0.0833. The van der Waals surface area contributed by atoms with Crippen molar-refractivity contribution in [2.24, 2.45) is 0 Å². The minimum atomic E-state index is -0.279. The number of fused-ring (bicyclic) bond motifs is 1. The molecule has 0 aliphatic heterocycles. The van der Waals surface area contributed by atoms with Crippen LogP contribution in [0.2, 0.25) is 0 Å². The van der Waals surface area contributed by atoms with E-state index in [0.29, 0.717) is 16.9 Å². The van der Waals surface area contributed by atoms with Crippen LogP contribution >= 0.6 is 0 Å². The molecule has 1 aromatic carbocycles. The molecule has 5 nitrogen and oxygen atoms in total. The first-order valence-electron chi connectivity index (χ1n) is 5.38.